The molecular weight excluding hydrogens is 272 g/mol. The maximum Gasteiger partial charge on any atom is 0.130 e. The molecular formula is C20H17O2. The fourth-order valence-electron chi connectivity index (χ4n) is 2.29. The van der Waals surface area contributed by atoms with E-state index in [4.69, 9.17) is 9.47 Å². The van der Waals surface area contributed by atoms with Gasteiger partial charge in [0.2, 0.25) is 0 Å². The van der Waals surface area contributed by atoms with Crippen LogP contribution in [-0.4, -0.2) is 7.11 Å². The molecule has 0 saturated heterocycles. The highest BCUT2D eigenvalue weighted by molar-refractivity contribution is 5.71. The topological polar surface area (TPSA) is 18.5 Å². The Morgan fingerprint density at radius 2 is 1.73 bits per heavy atom. The zero-order chi connectivity index (χ0) is 15.2. The van der Waals surface area contributed by atoms with E-state index in [2.05, 4.69) is 6.07 Å². The highest BCUT2D eigenvalue weighted by Crippen LogP contribution is 2.33. The van der Waals surface area contributed by atoms with E-state index in [1.165, 1.54) is 0 Å². The van der Waals surface area contributed by atoms with Crippen molar-refractivity contribution in [3.8, 4) is 22.6 Å². The lowest BCUT2D eigenvalue weighted by molar-refractivity contribution is 0.304. The molecule has 0 unspecified atom stereocenters. The summed E-state index contributed by atoms with van der Waals surface area (Å²) in [7, 11) is 1.67. The number of ether oxygens (including phenoxy) is 2. The first kappa shape index (κ1) is 14.2. The molecule has 0 aromatic heterocycles. The van der Waals surface area contributed by atoms with Gasteiger partial charge in [0.05, 0.1) is 7.11 Å². The third kappa shape index (κ3) is 3.29. The number of benzene rings is 3. The van der Waals surface area contributed by atoms with Crippen molar-refractivity contribution >= 4 is 0 Å². The lowest BCUT2D eigenvalue weighted by atomic mass is 10.0. The largest absolute Gasteiger partial charge is 0.496 e. The summed E-state index contributed by atoms with van der Waals surface area (Å²) in [6, 6.07) is 27.1. The molecule has 109 valence electrons. The molecule has 22 heavy (non-hydrogen) atoms. The van der Waals surface area contributed by atoms with Crippen LogP contribution >= 0.6 is 0 Å². The van der Waals surface area contributed by atoms with Gasteiger partial charge in [0.25, 0.3) is 0 Å². The van der Waals surface area contributed by atoms with Crippen LogP contribution in [0.1, 0.15) is 5.56 Å². The minimum absolute atomic E-state index is 0.542. The molecule has 2 nitrogen and oxygen atoms in total. The van der Waals surface area contributed by atoms with Crippen LogP contribution in [0, 0.1) is 6.07 Å². The Bertz CT molecular complexity index is 721. The lowest BCUT2D eigenvalue weighted by Crippen LogP contribution is -1.96. The molecule has 0 aliphatic carbocycles. The maximum absolute atomic E-state index is 5.84. The summed E-state index contributed by atoms with van der Waals surface area (Å²) in [6.45, 7) is 0.542. The van der Waals surface area contributed by atoms with Crippen molar-refractivity contribution in [3.63, 3.8) is 0 Å². The molecule has 0 spiro atoms. The molecule has 0 fully saturated rings. The first-order chi connectivity index (χ1) is 10.9. The SMILES string of the molecule is COc1cc(OCc2ccccc2)ccc1-c1[c]cccc1. The van der Waals surface area contributed by atoms with Crippen molar-refractivity contribution in [1.82, 2.24) is 0 Å². The van der Waals surface area contributed by atoms with E-state index in [9.17, 15) is 0 Å². The van der Waals surface area contributed by atoms with Crippen molar-refractivity contribution in [3.05, 3.63) is 84.4 Å². The summed E-state index contributed by atoms with van der Waals surface area (Å²) in [4.78, 5) is 0. The Hall–Kier alpha value is -2.74. The molecule has 0 atom stereocenters. The summed E-state index contributed by atoms with van der Waals surface area (Å²) in [5.74, 6) is 1.58. The van der Waals surface area contributed by atoms with E-state index >= 15 is 0 Å². The minimum Gasteiger partial charge on any atom is -0.496 e. The molecule has 0 heterocycles. The van der Waals surface area contributed by atoms with E-state index in [1.807, 2.05) is 72.8 Å². The van der Waals surface area contributed by atoms with Crippen LogP contribution in [0.5, 0.6) is 11.5 Å². The summed E-state index contributed by atoms with van der Waals surface area (Å²) in [5.41, 5.74) is 3.16. The normalized spacial score (nSPS) is 10.2. The average molecular weight is 289 g/mol. The van der Waals surface area contributed by atoms with E-state index < -0.39 is 0 Å². The van der Waals surface area contributed by atoms with E-state index in [0.29, 0.717) is 6.61 Å². The second-order valence-electron chi connectivity index (χ2n) is 4.91. The van der Waals surface area contributed by atoms with Gasteiger partial charge in [0.1, 0.15) is 18.1 Å². The summed E-state index contributed by atoms with van der Waals surface area (Å²) >= 11 is 0. The van der Waals surface area contributed by atoms with E-state index in [1.54, 1.807) is 7.11 Å². The van der Waals surface area contributed by atoms with Crippen LogP contribution in [0.25, 0.3) is 11.1 Å². The van der Waals surface area contributed by atoms with Crippen LogP contribution in [0.3, 0.4) is 0 Å². The van der Waals surface area contributed by atoms with Crippen molar-refractivity contribution < 1.29 is 9.47 Å². The minimum atomic E-state index is 0.542. The Morgan fingerprint density at radius 3 is 2.45 bits per heavy atom. The second kappa shape index (κ2) is 6.81. The monoisotopic (exact) mass is 289 g/mol. The quantitative estimate of drug-likeness (QED) is 0.675. The summed E-state index contributed by atoms with van der Waals surface area (Å²) in [5, 5.41) is 0. The first-order valence-corrected chi connectivity index (χ1v) is 7.18. The lowest BCUT2D eigenvalue weighted by Gasteiger charge is -2.12. The molecule has 0 saturated carbocycles. The van der Waals surface area contributed by atoms with Crippen LogP contribution in [0.2, 0.25) is 0 Å². The van der Waals surface area contributed by atoms with Gasteiger partial charge in [0.15, 0.2) is 0 Å². The van der Waals surface area contributed by atoms with Gasteiger partial charge >= 0.3 is 0 Å². The van der Waals surface area contributed by atoms with Crippen molar-refractivity contribution in [1.29, 1.82) is 0 Å². The Balaban J connectivity index is 1.80. The third-order valence-electron chi connectivity index (χ3n) is 3.42. The van der Waals surface area contributed by atoms with Crippen molar-refractivity contribution in [2.75, 3.05) is 7.11 Å². The van der Waals surface area contributed by atoms with E-state index in [0.717, 1.165) is 28.2 Å². The standard InChI is InChI=1S/C20H17O2/c1-21-20-14-18(22-15-16-8-4-2-5-9-16)12-13-19(20)17-10-6-3-7-11-17/h2-10,12-14H,15H2,1H3. The zero-order valence-corrected chi connectivity index (χ0v) is 12.5. The smallest absolute Gasteiger partial charge is 0.130 e. The maximum atomic E-state index is 5.84. The van der Waals surface area contributed by atoms with Gasteiger partial charge in [0, 0.05) is 11.6 Å². The van der Waals surface area contributed by atoms with Gasteiger partial charge in [-0.15, -0.1) is 0 Å². The first-order valence-electron chi connectivity index (χ1n) is 7.18. The summed E-state index contributed by atoms with van der Waals surface area (Å²) in [6.07, 6.45) is 0. The molecule has 3 aromatic carbocycles. The summed E-state index contributed by atoms with van der Waals surface area (Å²) < 4.78 is 11.3. The van der Waals surface area contributed by atoms with Crippen molar-refractivity contribution in [2.45, 2.75) is 6.61 Å². The van der Waals surface area contributed by atoms with Gasteiger partial charge in [-0.1, -0.05) is 54.6 Å². The predicted octanol–water partition coefficient (Wildman–Crippen LogP) is 4.74. The molecule has 2 heteroatoms. The molecule has 3 aromatic rings. The fourth-order valence-corrected chi connectivity index (χ4v) is 2.29. The van der Waals surface area contributed by atoms with Gasteiger partial charge in [-0.2, -0.15) is 0 Å². The number of rotatable bonds is 5. The third-order valence-corrected chi connectivity index (χ3v) is 3.42. The molecule has 0 aliphatic heterocycles. The highest BCUT2D eigenvalue weighted by Gasteiger charge is 2.07. The second-order valence-corrected chi connectivity index (χ2v) is 4.91. The number of hydrogen-bond acceptors (Lipinski definition) is 2. The Labute approximate surface area is 131 Å². The number of methoxy groups -OCH3 is 1. The van der Waals surface area contributed by atoms with Crippen LogP contribution in [0.4, 0.5) is 0 Å². The number of hydrogen-bond donors (Lipinski definition) is 0. The molecule has 3 rings (SSSR count). The van der Waals surface area contributed by atoms with Gasteiger partial charge < -0.3 is 9.47 Å². The van der Waals surface area contributed by atoms with Gasteiger partial charge in [-0.3, -0.25) is 0 Å². The van der Waals surface area contributed by atoms with Crippen LogP contribution < -0.4 is 9.47 Å². The van der Waals surface area contributed by atoms with Crippen molar-refractivity contribution in [2.24, 2.45) is 0 Å². The Morgan fingerprint density at radius 1 is 0.909 bits per heavy atom. The molecule has 0 amide bonds. The zero-order valence-electron chi connectivity index (χ0n) is 12.5. The molecule has 1 radical (unpaired) electrons. The molecule has 0 bridgehead atoms. The van der Waals surface area contributed by atoms with Gasteiger partial charge in [-0.25, -0.2) is 0 Å². The van der Waals surface area contributed by atoms with Gasteiger partial charge in [-0.05, 0) is 29.3 Å². The molecule has 0 aliphatic rings. The van der Waals surface area contributed by atoms with Crippen LogP contribution in [-0.2, 0) is 6.61 Å². The fraction of sp³-hybridized carbons (Fsp3) is 0.100. The predicted molar refractivity (Wildman–Crippen MR) is 88.0 cm³/mol. The van der Waals surface area contributed by atoms with Crippen LogP contribution in [0.15, 0.2) is 72.8 Å². The Kier molecular flexibility index (Phi) is 4.40. The van der Waals surface area contributed by atoms with E-state index in [-0.39, 0.29) is 0 Å². The molecule has 0 N–H and O–H groups in total. The average Bonchev–Trinajstić information content (AvgIpc) is 2.61. The highest BCUT2D eigenvalue weighted by atomic mass is 16.5.